The average molecular weight is 1850 g/mol. The van der Waals surface area contributed by atoms with Crippen LogP contribution in [0, 0.1) is 47.8 Å². The van der Waals surface area contributed by atoms with Crippen molar-refractivity contribution in [1.82, 2.24) is 59.3 Å². The van der Waals surface area contributed by atoms with Crippen molar-refractivity contribution >= 4 is 108 Å². The molecule has 6 saturated heterocycles. The minimum atomic E-state index is -1.11. The van der Waals surface area contributed by atoms with Crippen LogP contribution in [0.2, 0.25) is 5.02 Å². The predicted octanol–water partition coefficient (Wildman–Crippen LogP) is 13.3. The smallest absolute Gasteiger partial charge is 0.318 e. The van der Waals surface area contributed by atoms with Crippen molar-refractivity contribution in [3.63, 3.8) is 0 Å². The second kappa shape index (κ2) is 39.7. The van der Waals surface area contributed by atoms with Crippen molar-refractivity contribution in [3.05, 3.63) is 195 Å². The van der Waals surface area contributed by atoms with E-state index in [2.05, 4.69) is 183 Å². The van der Waals surface area contributed by atoms with Crippen LogP contribution in [-0.2, 0) is 53.3 Å². The van der Waals surface area contributed by atoms with E-state index in [4.69, 9.17) is 51.0 Å². The zero-order valence-electron chi connectivity index (χ0n) is 75.4. The number of anilines is 6. The van der Waals surface area contributed by atoms with Gasteiger partial charge in [0.25, 0.3) is 17.7 Å². The number of aryl methyl sites for hydroxylation is 2. The normalized spacial score (nSPS) is 21.8. The van der Waals surface area contributed by atoms with Gasteiger partial charge in [0.1, 0.15) is 37.3 Å². The molecule has 9 aliphatic rings. The Bertz CT molecular complexity index is 6170. The van der Waals surface area contributed by atoms with Crippen LogP contribution in [-0.4, -0.2) is 269 Å². The Hall–Kier alpha value is -12.0. The topological polar surface area (TPSA) is 277 Å². The molecule has 33 heteroatoms. The number of aromatic nitrogens is 6. The van der Waals surface area contributed by atoms with E-state index in [1.165, 1.54) is 14.7 Å². The minimum Gasteiger partial charge on any atom is -0.462 e. The Morgan fingerprint density at radius 2 is 0.925 bits per heavy atom. The molecule has 3 aromatic heterocycles. The minimum absolute atomic E-state index is 0.0158. The van der Waals surface area contributed by atoms with Gasteiger partial charge in [-0.05, 0) is 147 Å². The highest BCUT2D eigenvalue weighted by Crippen LogP contribution is 2.47. The Balaban J connectivity index is 0.626. The Labute approximate surface area is 781 Å². The van der Waals surface area contributed by atoms with Crippen molar-refractivity contribution in [2.75, 3.05) is 180 Å². The number of amides is 3. The van der Waals surface area contributed by atoms with Crippen molar-refractivity contribution in [2.24, 2.45) is 0 Å². The summed E-state index contributed by atoms with van der Waals surface area (Å²) in [5, 5.41) is 48.5. The number of ether oxygens (including phenoxy) is 2. The molecule has 6 fully saturated rings. The van der Waals surface area contributed by atoms with Crippen LogP contribution in [0.5, 0.6) is 12.0 Å². The molecule has 9 aromatic rings. The Morgan fingerprint density at radius 1 is 0.496 bits per heavy atom. The number of thioether (sulfide) groups is 1. The van der Waals surface area contributed by atoms with Crippen LogP contribution < -0.4 is 38.9 Å². The lowest BCUT2D eigenvalue weighted by molar-refractivity contribution is -0.132. The summed E-state index contributed by atoms with van der Waals surface area (Å²) in [6, 6.07) is 38.8. The quantitative estimate of drug-likeness (QED) is 0.0217. The molecule has 9 aliphatic heterocycles. The molecule has 1 N–H and O–H groups in total. The van der Waals surface area contributed by atoms with Crippen LogP contribution in [0.15, 0.2) is 139 Å². The number of hydrogen-bond acceptors (Lipinski definition) is 25. The molecule has 692 valence electrons. The van der Waals surface area contributed by atoms with E-state index < -0.39 is 60.0 Å². The molecule has 0 bridgehead atoms. The number of aliphatic hydroxyl groups is 1. The van der Waals surface area contributed by atoms with Crippen LogP contribution in [0.3, 0.4) is 0 Å². The summed E-state index contributed by atoms with van der Waals surface area (Å²) >= 11 is 9.02. The number of hydrogen-bond donors (Lipinski definition) is 1. The van der Waals surface area contributed by atoms with Crippen molar-refractivity contribution in [2.45, 2.75) is 151 Å². The molecule has 133 heavy (non-hydrogen) atoms. The number of β-amino-alcohol motifs (C(OH)–C–C–N with tert-alkyl or cyclic N) is 1. The van der Waals surface area contributed by atoms with Gasteiger partial charge in [-0.3, -0.25) is 24.2 Å². The summed E-state index contributed by atoms with van der Waals surface area (Å²) in [6.45, 7) is 21.5. The Kier molecular flexibility index (Phi) is 27.3. The zero-order chi connectivity index (χ0) is 92.6. The molecule has 3 amide bonds. The van der Waals surface area contributed by atoms with Gasteiger partial charge in [-0.25, -0.2) is 27.5 Å². The second-order valence-corrected chi connectivity index (χ2v) is 38.1. The summed E-state index contributed by atoms with van der Waals surface area (Å²) in [5.41, 5.74) is 12.6. The van der Waals surface area contributed by atoms with E-state index >= 15 is 4.39 Å². The largest absolute Gasteiger partial charge is 0.462 e. The van der Waals surface area contributed by atoms with Gasteiger partial charge < -0.3 is 63.6 Å². The number of nitriles is 3. The molecule has 0 aliphatic carbocycles. The van der Waals surface area contributed by atoms with E-state index in [0.29, 0.717) is 138 Å². The molecular formula is C100H110ClF4N21O6S. The average Bonchev–Trinajstić information content (AvgIpc) is 1.45. The van der Waals surface area contributed by atoms with Gasteiger partial charge in [-0.1, -0.05) is 116 Å². The molecule has 12 heterocycles. The fraction of sp³-hybridized carbons (Fsp3) is 0.460. The molecule has 6 aromatic carbocycles. The highest BCUT2D eigenvalue weighted by atomic mass is 35.5. The highest BCUT2D eigenvalue weighted by molar-refractivity contribution is 7.99. The number of fused-ring (bicyclic) bond motifs is 6. The monoisotopic (exact) mass is 1840 g/mol. The maximum Gasteiger partial charge on any atom is 0.318 e. The lowest BCUT2D eigenvalue weighted by Crippen LogP contribution is -2.55. The van der Waals surface area contributed by atoms with Gasteiger partial charge in [0.15, 0.2) is 22.6 Å². The number of halogens is 5. The number of nitrogens with zero attached hydrogens (tertiary/aromatic N) is 21. The third kappa shape index (κ3) is 18.8. The Morgan fingerprint density at radius 3 is 1.38 bits per heavy atom. The molecule has 8 atom stereocenters. The number of aliphatic hydroxyl groups excluding tert-OH is 1. The maximum absolute atomic E-state index is 15.2. The number of carbonyl (C=O) groups excluding carboxylic acids is 3. The van der Waals surface area contributed by atoms with Gasteiger partial charge in [-0.15, -0.1) is 0 Å². The fourth-order valence-electron chi connectivity index (χ4n) is 22.0. The summed E-state index contributed by atoms with van der Waals surface area (Å²) in [5.74, 6) is -3.08. The SMILES string of the molecule is C=C(F)C(=O)N1CCN(c2nc(OC[C@@H]3CC(c4cc(N5CCc6c(nc(OC[C@@H]7CC(c8cc(N9CCc%10c(nc(SC[C@@H]%11CCCN%11C)nc%10N%10CCN(C(=O)C(=C)F)[C@@H](CC#N)C%10)C9)c9c(C)cccc9c8)CN7CCF)nc6N6CCN(C(=O)C(=C)F)[C@@H](CC#N)C6)C5)c5c(Cl)cccc5c4)CN3CCO)nc3c2CCN(c2cccc4cccc(C)c24)C3)C[C@@H]1CC#N. The molecule has 27 nitrogen and oxygen atoms in total. The van der Waals surface area contributed by atoms with E-state index in [1.807, 2.05) is 17.0 Å². The van der Waals surface area contributed by atoms with Gasteiger partial charge in [0.05, 0.1) is 104 Å². The zero-order valence-corrected chi connectivity index (χ0v) is 77.0. The molecule has 2 unspecified atom stereocenters. The molecular weight excluding hydrogens is 1730 g/mol. The van der Waals surface area contributed by atoms with E-state index in [0.717, 1.165) is 131 Å². The second-order valence-electron chi connectivity index (χ2n) is 36.7. The van der Waals surface area contributed by atoms with Crippen LogP contribution in [0.4, 0.5) is 52.1 Å². The number of alkyl halides is 1. The summed E-state index contributed by atoms with van der Waals surface area (Å²) in [7, 11) is 2.16. The molecule has 0 radical (unpaired) electrons. The number of carbonyl (C=O) groups is 3. The van der Waals surface area contributed by atoms with E-state index in [9.17, 15) is 48.4 Å². The predicted molar refractivity (Wildman–Crippen MR) is 507 cm³/mol. The number of piperazine rings is 3. The third-order valence-corrected chi connectivity index (χ3v) is 30.1. The number of benzene rings is 6. The van der Waals surface area contributed by atoms with Crippen LogP contribution >= 0.6 is 23.4 Å². The third-order valence-electron chi connectivity index (χ3n) is 28.7. The number of likely N-dealkylation sites (tertiary alicyclic amines) is 3. The van der Waals surface area contributed by atoms with Gasteiger partial charge in [-0.2, -0.15) is 35.7 Å². The van der Waals surface area contributed by atoms with Gasteiger partial charge in [0.2, 0.25) is 0 Å². The van der Waals surface area contributed by atoms with Crippen molar-refractivity contribution in [3.8, 4) is 30.2 Å². The molecule has 0 spiro atoms. The first-order chi connectivity index (χ1) is 64.5. The molecule has 18 rings (SSSR count). The van der Waals surface area contributed by atoms with Gasteiger partial charge in [0, 0.05) is 179 Å². The first kappa shape index (κ1) is 91.5. The summed E-state index contributed by atoms with van der Waals surface area (Å²) in [4.78, 5) is 95.6. The van der Waals surface area contributed by atoms with Crippen molar-refractivity contribution < 1.29 is 46.5 Å². The van der Waals surface area contributed by atoms with E-state index in [-0.39, 0.29) is 127 Å². The fourth-order valence-corrected chi connectivity index (χ4v) is 23.4. The standard InChI is InChI=1S/C100H110ClF4N21O6S/c1-61-12-7-14-66-15-10-20-86(89(61)66)118-32-24-79-83(55-118)109-98(112-92(79)121-36-39-124(95(128)63(3)103)73(52-121)21-28-106)132-59-78-47-72(51-117(78)42-43-127)70-45-68-17-9-19-82(101)91(68)88(49-70)120-34-25-80-84(56-120)110-99(113-93(80)122-37-40-125(96(129)64(4)104)74(53-122)22-29-107)131-58-77-46-71(50-116(77)35-27-102)69-44-67-16-8-13-62(2)90(67)87(48-69)119-33-26-81-85(57-119)111-100(133-60-76-18-11-31-115(76)6)114-94(81)123-38-41-126(97(130)65(5)105)75(54-123)23-30-108/h7-10,12-17,19-20,44-45,48-49,71-78,127H,3-5,11,18,21-27,31-43,46-47,50-60H2,1-2,6H3/t71?,72?,73-,74-,75-,76-,77-,78-/m0/s1. The first-order valence-corrected chi connectivity index (χ1v) is 47.6. The van der Waals surface area contributed by atoms with Crippen LogP contribution in [0.25, 0.3) is 32.3 Å². The van der Waals surface area contributed by atoms with Crippen molar-refractivity contribution in [1.29, 1.82) is 15.8 Å². The lowest BCUT2D eigenvalue weighted by atomic mass is 9.91. The lowest BCUT2D eigenvalue weighted by Gasteiger charge is -2.42. The maximum atomic E-state index is 15.2. The number of rotatable bonds is 27. The summed E-state index contributed by atoms with van der Waals surface area (Å²) in [6.07, 6.45) is 5.02. The molecule has 0 saturated carbocycles. The van der Waals surface area contributed by atoms with E-state index in [1.54, 1.807) is 11.8 Å². The first-order valence-electron chi connectivity index (χ1n) is 46.3. The summed E-state index contributed by atoms with van der Waals surface area (Å²) < 4.78 is 72.8. The highest BCUT2D eigenvalue weighted by Gasteiger charge is 2.43. The van der Waals surface area contributed by atoms with Gasteiger partial charge >= 0.3 is 12.0 Å². The van der Waals surface area contributed by atoms with Crippen LogP contribution in [0.1, 0.15) is 113 Å².